The SMILES string of the molecule is COCCNCc1ccc(N2CCCC2C(C)C)nc1. The number of ether oxygens (including phenoxy) is 1. The second-order valence-corrected chi connectivity index (χ2v) is 5.84. The lowest BCUT2D eigenvalue weighted by molar-refractivity contribution is 0.199. The molecule has 0 aromatic carbocycles. The van der Waals surface area contributed by atoms with Gasteiger partial charge < -0.3 is 15.0 Å². The van der Waals surface area contributed by atoms with Gasteiger partial charge in [-0.3, -0.25) is 0 Å². The van der Waals surface area contributed by atoms with Crippen molar-refractivity contribution in [3.8, 4) is 0 Å². The number of nitrogens with zero attached hydrogens (tertiary/aromatic N) is 2. The Labute approximate surface area is 122 Å². The number of nitrogens with one attached hydrogen (secondary N) is 1. The normalized spacial score (nSPS) is 19.0. The van der Waals surface area contributed by atoms with Gasteiger partial charge in [0.15, 0.2) is 0 Å². The highest BCUT2D eigenvalue weighted by atomic mass is 16.5. The molecule has 1 aliphatic rings. The van der Waals surface area contributed by atoms with Crippen LogP contribution in [-0.2, 0) is 11.3 Å². The Bertz CT molecular complexity index is 391. The topological polar surface area (TPSA) is 37.4 Å². The number of aromatic nitrogens is 1. The minimum Gasteiger partial charge on any atom is -0.383 e. The molecule has 2 heterocycles. The standard InChI is InChI=1S/C16H27N3O/c1-13(2)15-5-4-9-19(15)16-7-6-14(12-18-16)11-17-8-10-20-3/h6-7,12-13,15,17H,4-5,8-11H2,1-3H3. The third-order valence-corrected chi connectivity index (χ3v) is 3.98. The average molecular weight is 277 g/mol. The summed E-state index contributed by atoms with van der Waals surface area (Å²) in [5.74, 6) is 1.82. The molecule has 2 rings (SSSR count). The Morgan fingerprint density at radius 2 is 2.30 bits per heavy atom. The molecule has 1 atom stereocenters. The van der Waals surface area contributed by atoms with Crippen molar-refractivity contribution in [1.82, 2.24) is 10.3 Å². The first-order valence-electron chi connectivity index (χ1n) is 7.63. The highest BCUT2D eigenvalue weighted by Crippen LogP contribution is 2.28. The van der Waals surface area contributed by atoms with Gasteiger partial charge in [0, 0.05) is 39.0 Å². The summed E-state index contributed by atoms with van der Waals surface area (Å²) in [4.78, 5) is 7.11. The van der Waals surface area contributed by atoms with Crippen molar-refractivity contribution < 1.29 is 4.74 Å². The lowest BCUT2D eigenvalue weighted by Crippen LogP contribution is -2.33. The smallest absolute Gasteiger partial charge is 0.128 e. The zero-order valence-electron chi connectivity index (χ0n) is 12.9. The monoisotopic (exact) mass is 277 g/mol. The summed E-state index contributed by atoms with van der Waals surface area (Å²) in [6, 6.07) is 4.99. The van der Waals surface area contributed by atoms with Crippen molar-refractivity contribution in [2.75, 3.05) is 31.7 Å². The van der Waals surface area contributed by atoms with Crippen LogP contribution in [0.4, 0.5) is 5.82 Å². The zero-order valence-corrected chi connectivity index (χ0v) is 12.9. The first-order chi connectivity index (χ1) is 9.72. The molecule has 0 amide bonds. The quantitative estimate of drug-likeness (QED) is 0.777. The van der Waals surface area contributed by atoms with E-state index in [4.69, 9.17) is 4.74 Å². The van der Waals surface area contributed by atoms with Crippen LogP contribution in [0.1, 0.15) is 32.3 Å². The number of hydrogen-bond acceptors (Lipinski definition) is 4. The molecule has 112 valence electrons. The number of anilines is 1. The van der Waals surface area contributed by atoms with Gasteiger partial charge in [0.2, 0.25) is 0 Å². The minimum atomic E-state index is 0.646. The Hall–Kier alpha value is -1.13. The first kappa shape index (κ1) is 15.3. The fourth-order valence-electron chi connectivity index (χ4n) is 2.87. The van der Waals surface area contributed by atoms with Gasteiger partial charge in [0.1, 0.15) is 5.82 Å². The van der Waals surface area contributed by atoms with Gasteiger partial charge in [0.25, 0.3) is 0 Å². The maximum atomic E-state index is 5.02. The Balaban J connectivity index is 1.90. The lowest BCUT2D eigenvalue weighted by atomic mass is 10.0. The molecule has 0 spiro atoms. The van der Waals surface area contributed by atoms with Gasteiger partial charge in [-0.1, -0.05) is 19.9 Å². The van der Waals surface area contributed by atoms with Gasteiger partial charge in [-0.05, 0) is 30.4 Å². The molecule has 1 fully saturated rings. The van der Waals surface area contributed by atoms with Crippen molar-refractivity contribution >= 4 is 5.82 Å². The number of methoxy groups -OCH3 is 1. The summed E-state index contributed by atoms with van der Waals surface area (Å²) in [5.41, 5.74) is 1.23. The van der Waals surface area contributed by atoms with E-state index < -0.39 is 0 Å². The molecule has 4 nitrogen and oxygen atoms in total. The van der Waals surface area contributed by atoms with Crippen molar-refractivity contribution in [2.24, 2.45) is 5.92 Å². The molecule has 0 saturated carbocycles. The van der Waals surface area contributed by atoms with Crippen LogP contribution in [0.5, 0.6) is 0 Å². The largest absolute Gasteiger partial charge is 0.383 e. The molecule has 1 aromatic heterocycles. The van der Waals surface area contributed by atoms with Gasteiger partial charge in [-0.15, -0.1) is 0 Å². The van der Waals surface area contributed by atoms with E-state index in [0.717, 1.165) is 32.1 Å². The van der Waals surface area contributed by atoms with Crippen molar-refractivity contribution in [1.29, 1.82) is 0 Å². The van der Waals surface area contributed by atoms with Crippen molar-refractivity contribution in [3.05, 3.63) is 23.9 Å². The predicted octanol–water partition coefficient (Wildman–Crippen LogP) is 2.44. The van der Waals surface area contributed by atoms with Crippen LogP contribution < -0.4 is 10.2 Å². The number of pyridine rings is 1. The summed E-state index contributed by atoms with van der Waals surface area (Å²) in [6.07, 6.45) is 4.56. The van der Waals surface area contributed by atoms with Gasteiger partial charge >= 0.3 is 0 Å². The summed E-state index contributed by atoms with van der Waals surface area (Å²) in [7, 11) is 1.72. The van der Waals surface area contributed by atoms with E-state index in [2.05, 4.69) is 41.2 Å². The minimum absolute atomic E-state index is 0.646. The molecule has 1 N–H and O–H groups in total. The maximum absolute atomic E-state index is 5.02. The fraction of sp³-hybridized carbons (Fsp3) is 0.688. The molecule has 1 unspecified atom stereocenters. The Morgan fingerprint density at radius 3 is 2.95 bits per heavy atom. The summed E-state index contributed by atoms with van der Waals surface area (Å²) >= 11 is 0. The molecule has 0 aliphatic carbocycles. The van der Waals surface area contributed by atoms with Crippen LogP contribution in [0.3, 0.4) is 0 Å². The number of rotatable bonds is 7. The van der Waals surface area contributed by atoms with Crippen LogP contribution in [0.15, 0.2) is 18.3 Å². The van der Waals surface area contributed by atoms with Gasteiger partial charge in [-0.25, -0.2) is 4.98 Å². The maximum Gasteiger partial charge on any atom is 0.128 e. The van der Waals surface area contributed by atoms with Crippen molar-refractivity contribution in [3.63, 3.8) is 0 Å². The van der Waals surface area contributed by atoms with Gasteiger partial charge in [-0.2, -0.15) is 0 Å². The highest BCUT2D eigenvalue weighted by molar-refractivity contribution is 5.42. The summed E-state index contributed by atoms with van der Waals surface area (Å²) < 4.78 is 5.02. The second-order valence-electron chi connectivity index (χ2n) is 5.84. The highest BCUT2D eigenvalue weighted by Gasteiger charge is 2.27. The molecular formula is C16H27N3O. The fourth-order valence-corrected chi connectivity index (χ4v) is 2.87. The Kier molecular flexibility index (Phi) is 5.80. The van der Waals surface area contributed by atoms with E-state index in [0.29, 0.717) is 12.0 Å². The predicted molar refractivity (Wildman–Crippen MR) is 83.0 cm³/mol. The van der Waals surface area contributed by atoms with E-state index in [1.165, 1.54) is 18.4 Å². The lowest BCUT2D eigenvalue weighted by Gasteiger charge is -2.28. The number of hydrogen-bond donors (Lipinski definition) is 1. The molecule has 20 heavy (non-hydrogen) atoms. The molecule has 4 heteroatoms. The van der Waals surface area contributed by atoms with E-state index in [1.807, 2.05) is 6.20 Å². The van der Waals surface area contributed by atoms with E-state index >= 15 is 0 Å². The van der Waals surface area contributed by atoms with E-state index in [1.54, 1.807) is 7.11 Å². The molecule has 1 aromatic rings. The van der Waals surface area contributed by atoms with Crippen LogP contribution in [0.2, 0.25) is 0 Å². The van der Waals surface area contributed by atoms with Crippen LogP contribution >= 0.6 is 0 Å². The van der Waals surface area contributed by atoms with Crippen LogP contribution in [0, 0.1) is 5.92 Å². The third-order valence-electron chi connectivity index (χ3n) is 3.98. The first-order valence-corrected chi connectivity index (χ1v) is 7.63. The zero-order chi connectivity index (χ0) is 14.4. The van der Waals surface area contributed by atoms with Crippen LogP contribution in [0.25, 0.3) is 0 Å². The summed E-state index contributed by atoms with van der Waals surface area (Å²) in [5, 5.41) is 3.34. The second kappa shape index (κ2) is 7.60. The van der Waals surface area contributed by atoms with Crippen LogP contribution in [-0.4, -0.2) is 37.8 Å². The van der Waals surface area contributed by atoms with Crippen molar-refractivity contribution in [2.45, 2.75) is 39.3 Å². The average Bonchev–Trinajstić information content (AvgIpc) is 2.94. The molecule has 1 aliphatic heterocycles. The molecule has 1 saturated heterocycles. The third kappa shape index (κ3) is 3.93. The molecule has 0 bridgehead atoms. The molecule has 0 radical (unpaired) electrons. The molecular weight excluding hydrogens is 250 g/mol. The van der Waals surface area contributed by atoms with Gasteiger partial charge in [0.05, 0.1) is 6.61 Å². The van der Waals surface area contributed by atoms with E-state index in [9.17, 15) is 0 Å². The Morgan fingerprint density at radius 1 is 1.45 bits per heavy atom. The summed E-state index contributed by atoms with van der Waals surface area (Å²) in [6.45, 7) is 8.22. The van der Waals surface area contributed by atoms with E-state index in [-0.39, 0.29) is 0 Å².